The van der Waals surface area contributed by atoms with E-state index >= 15 is 8.78 Å². The minimum atomic E-state index is -2.96. The van der Waals surface area contributed by atoms with Crippen LogP contribution in [0.5, 0.6) is 0 Å². The lowest BCUT2D eigenvalue weighted by Crippen LogP contribution is -2.50. The van der Waals surface area contributed by atoms with E-state index in [4.69, 9.17) is 14.0 Å². The maximum Gasteiger partial charge on any atom is 0.253 e. The molecular formula is C27H41F3N4O4. The molecule has 11 heteroatoms. The van der Waals surface area contributed by atoms with Gasteiger partial charge in [-0.25, -0.2) is 13.2 Å². The molecule has 2 saturated carbocycles. The van der Waals surface area contributed by atoms with Gasteiger partial charge in [0.15, 0.2) is 5.82 Å². The monoisotopic (exact) mass is 542 g/mol. The van der Waals surface area contributed by atoms with Crippen LogP contribution in [-0.2, 0) is 19.7 Å². The Bertz CT molecular complexity index is 983. The normalized spacial score (nSPS) is 35.1. The van der Waals surface area contributed by atoms with E-state index in [1.54, 1.807) is 12.0 Å². The molecule has 0 bridgehead atoms. The van der Waals surface area contributed by atoms with Gasteiger partial charge in [-0.2, -0.15) is 4.98 Å². The molecule has 2 saturated heterocycles. The molecule has 0 radical (unpaired) electrons. The average Bonchev–Trinajstić information content (AvgIpc) is 3.24. The largest absolute Gasteiger partial charge is 0.377 e. The van der Waals surface area contributed by atoms with E-state index in [0.29, 0.717) is 76.0 Å². The molecule has 0 aromatic carbocycles. The zero-order valence-corrected chi connectivity index (χ0v) is 22.9. The number of nitrogens with zero attached hydrogens (tertiary/aromatic N) is 4. The number of ether oxygens (including phenoxy) is 2. The Hall–Kier alpha value is -1.72. The molecule has 4 aliphatic rings. The highest BCUT2D eigenvalue weighted by molar-refractivity contribution is 5.76. The second-order valence-corrected chi connectivity index (χ2v) is 12.3. The van der Waals surface area contributed by atoms with Gasteiger partial charge >= 0.3 is 0 Å². The summed E-state index contributed by atoms with van der Waals surface area (Å²) in [6.45, 7) is 8.39. The van der Waals surface area contributed by atoms with Gasteiger partial charge in [-0.05, 0) is 46.0 Å². The standard InChI is InChI=1S/C27H41F3N4O4/c1-16(2)34-14-21(36-4)22(15-34)37-20-6-5-7-27(29,30)18(20)13-23(35)33-10-8-26(3,9-11-33)25-31-24(38-32-25)17-12-19(17)28/h16-22H,5-15H2,1-4H3/t17-,18-,19+,20+,21-,22-/m1/s1. The van der Waals surface area contributed by atoms with Crippen molar-refractivity contribution in [1.29, 1.82) is 0 Å². The average molecular weight is 543 g/mol. The minimum Gasteiger partial charge on any atom is -0.377 e. The number of aromatic nitrogens is 2. The maximum absolute atomic E-state index is 15.2. The van der Waals surface area contributed by atoms with Gasteiger partial charge < -0.3 is 18.9 Å². The van der Waals surface area contributed by atoms with E-state index in [1.807, 2.05) is 6.92 Å². The predicted octanol–water partition coefficient (Wildman–Crippen LogP) is 4.09. The summed E-state index contributed by atoms with van der Waals surface area (Å²) in [4.78, 5) is 21.6. The first-order chi connectivity index (χ1) is 18.0. The summed E-state index contributed by atoms with van der Waals surface area (Å²) < 4.78 is 61.0. The number of rotatable bonds is 8. The molecule has 5 rings (SSSR count). The molecule has 1 aromatic heterocycles. The van der Waals surface area contributed by atoms with Gasteiger partial charge in [-0.1, -0.05) is 12.1 Å². The Morgan fingerprint density at radius 2 is 1.84 bits per heavy atom. The highest BCUT2D eigenvalue weighted by atomic mass is 19.3. The molecule has 3 heterocycles. The molecule has 4 fully saturated rings. The number of amides is 1. The van der Waals surface area contributed by atoms with E-state index < -0.39 is 29.5 Å². The second-order valence-electron chi connectivity index (χ2n) is 12.3. The van der Waals surface area contributed by atoms with Crippen molar-refractivity contribution in [3.05, 3.63) is 11.7 Å². The first-order valence-electron chi connectivity index (χ1n) is 14.1. The lowest BCUT2D eigenvalue weighted by Gasteiger charge is -2.41. The zero-order valence-electron chi connectivity index (χ0n) is 22.9. The number of piperidine rings is 1. The molecule has 38 heavy (non-hydrogen) atoms. The molecule has 214 valence electrons. The van der Waals surface area contributed by atoms with E-state index in [-0.39, 0.29) is 36.9 Å². The first kappa shape index (κ1) is 27.8. The van der Waals surface area contributed by atoms with E-state index in [1.165, 1.54) is 0 Å². The Labute approximate surface area is 222 Å². The van der Waals surface area contributed by atoms with Crippen LogP contribution in [0.1, 0.15) is 83.3 Å². The van der Waals surface area contributed by atoms with E-state index in [9.17, 15) is 9.18 Å². The van der Waals surface area contributed by atoms with Crippen molar-refractivity contribution >= 4 is 5.91 Å². The smallest absolute Gasteiger partial charge is 0.253 e. The number of halogens is 3. The molecular weight excluding hydrogens is 501 g/mol. The quantitative estimate of drug-likeness (QED) is 0.490. The van der Waals surface area contributed by atoms with Crippen LogP contribution in [0.2, 0.25) is 0 Å². The van der Waals surface area contributed by atoms with Gasteiger partial charge in [0.05, 0.1) is 30.1 Å². The fourth-order valence-electron chi connectivity index (χ4n) is 6.26. The zero-order chi connectivity index (χ0) is 27.2. The second kappa shape index (κ2) is 10.7. The summed E-state index contributed by atoms with van der Waals surface area (Å²) in [6, 6.07) is 0.310. The van der Waals surface area contributed by atoms with Crippen molar-refractivity contribution in [2.75, 3.05) is 33.3 Å². The van der Waals surface area contributed by atoms with Gasteiger partial charge in [0, 0.05) is 57.6 Å². The maximum atomic E-state index is 15.2. The SMILES string of the molecule is CO[C@@H]1CN(C(C)C)C[C@H]1O[C@H]1CCCC(F)(F)[C@@H]1CC(=O)N1CCC(C)(c2noc([C@@H]3C[C@@H]3F)n2)CC1. The Balaban J connectivity index is 1.20. The van der Waals surface area contributed by atoms with Gasteiger partial charge in [-0.3, -0.25) is 9.69 Å². The van der Waals surface area contributed by atoms with Crippen molar-refractivity contribution in [2.45, 2.75) is 113 Å². The molecule has 6 atom stereocenters. The summed E-state index contributed by atoms with van der Waals surface area (Å²) in [5.74, 6) is -3.81. The van der Waals surface area contributed by atoms with E-state index in [2.05, 4.69) is 28.9 Å². The molecule has 0 spiro atoms. The third-order valence-electron chi connectivity index (χ3n) is 9.24. The topological polar surface area (TPSA) is 80.9 Å². The molecule has 0 unspecified atom stereocenters. The number of carbonyl (C=O) groups is 1. The molecule has 2 aliphatic carbocycles. The summed E-state index contributed by atoms with van der Waals surface area (Å²) in [6.07, 6.45) is -0.0465. The Kier molecular flexibility index (Phi) is 7.83. The van der Waals surface area contributed by atoms with Crippen molar-refractivity contribution in [3.8, 4) is 0 Å². The lowest BCUT2D eigenvalue weighted by molar-refractivity contribution is -0.182. The van der Waals surface area contributed by atoms with Crippen LogP contribution < -0.4 is 0 Å². The van der Waals surface area contributed by atoms with Gasteiger partial charge in [-0.15, -0.1) is 0 Å². The number of hydrogen-bond donors (Lipinski definition) is 0. The number of hydrogen-bond acceptors (Lipinski definition) is 7. The number of likely N-dealkylation sites (tertiary alicyclic amines) is 2. The van der Waals surface area contributed by atoms with Crippen LogP contribution in [0, 0.1) is 5.92 Å². The third-order valence-corrected chi connectivity index (χ3v) is 9.24. The van der Waals surface area contributed by atoms with E-state index in [0.717, 1.165) is 0 Å². The molecule has 0 N–H and O–H groups in total. The lowest BCUT2D eigenvalue weighted by atomic mass is 9.78. The van der Waals surface area contributed by atoms with Crippen LogP contribution in [0.25, 0.3) is 0 Å². The van der Waals surface area contributed by atoms with Crippen LogP contribution >= 0.6 is 0 Å². The molecule has 8 nitrogen and oxygen atoms in total. The summed E-state index contributed by atoms with van der Waals surface area (Å²) >= 11 is 0. The Morgan fingerprint density at radius 1 is 1.16 bits per heavy atom. The van der Waals surface area contributed by atoms with Crippen LogP contribution in [0.15, 0.2) is 4.52 Å². The first-order valence-corrected chi connectivity index (χ1v) is 14.1. The van der Waals surface area contributed by atoms with Crippen LogP contribution in [-0.4, -0.2) is 95.6 Å². The van der Waals surface area contributed by atoms with Crippen LogP contribution in [0.3, 0.4) is 0 Å². The summed E-state index contributed by atoms with van der Waals surface area (Å²) in [5.41, 5.74) is -0.403. The summed E-state index contributed by atoms with van der Waals surface area (Å²) in [5, 5.41) is 4.09. The van der Waals surface area contributed by atoms with Crippen molar-refractivity contribution in [2.24, 2.45) is 5.92 Å². The van der Waals surface area contributed by atoms with Crippen LogP contribution in [0.4, 0.5) is 13.2 Å². The molecule has 1 aromatic rings. The fourth-order valence-corrected chi connectivity index (χ4v) is 6.26. The van der Waals surface area contributed by atoms with Gasteiger partial charge in [0.2, 0.25) is 11.8 Å². The number of alkyl halides is 3. The Morgan fingerprint density at radius 3 is 2.47 bits per heavy atom. The molecule has 1 amide bonds. The highest BCUT2D eigenvalue weighted by Crippen LogP contribution is 2.45. The number of carbonyl (C=O) groups excluding carboxylic acids is 1. The van der Waals surface area contributed by atoms with Crippen molar-refractivity contribution < 1.29 is 32.0 Å². The molecule has 2 aliphatic heterocycles. The fraction of sp³-hybridized carbons (Fsp3) is 0.889. The summed E-state index contributed by atoms with van der Waals surface area (Å²) in [7, 11) is 1.63. The third kappa shape index (κ3) is 5.61. The van der Waals surface area contributed by atoms with Gasteiger partial charge in [0.1, 0.15) is 6.17 Å². The van der Waals surface area contributed by atoms with Crippen molar-refractivity contribution in [3.63, 3.8) is 0 Å². The minimum absolute atomic E-state index is 0.176. The van der Waals surface area contributed by atoms with Crippen molar-refractivity contribution in [1.82, 2.24) is 19.9 Å². The predicted molar refractivity (Wildman–Crippen MR) is 133 cm³/mol. The highest BCUT2D eigenvalue weighted by Gasteiger charge is 2.51. The number of methoxy groups -OCH3 is 1. The van der Waals surface area contributed by atoms with Gasteiger partial charge in [0.25, 0.3) is 5.92 Å².